The zero-order valence-electron chi connectivity index (χ0n) is 62.3. The van der Waals surface area contributed by atoms with Gasteiger partial charge in [-0.1, -0.05) is 242 Å². The van der Waals surface area contributed by atoms with Crippen molar-refractivity contribution in [2.45, 2.75) is 13.1 Å². The Morgan fingerprint density at radius 3 is 0.863 bits per heavy atom. The van der Waals surface area contributed by atoms with Gasteiger partial charge in [-0.15, -0.1) is 0 Å². The lowest BCUT2D eigenvalue weighted by Gasteiger charge is -2.18. The second-order valence-electron chi connectivity index (χ2n) is 28.3. The molecular weight excluding hydrogens is 1460 g/mol. The molecule has 0 radical (unpaired) electrons. The molecule has 0 aliphatic carbocycles. The number of nitriles is 1. The van der Waals surface area contributed by atoms with Crippen molar-refractivity contribution in [3.63, 3.8) is 0 Å². The fraction of sp³-hybridized carbons (Fsp3) is 0.0202. The first-order valence-electron chi connectivity index (χ1n) is 37.9. The van der Waals surface area contributed by atoms with Crippen LogP contribution in [0.3, 0.4) is 0 Å². The number of alkyl halides is 3. The van der Waals surface area contributed by atoms with Gasteiger partial charge in [0, 0.05) is 99.7 Å². The zero-order valence-corrected chi connectivity index (χ0v) is 62.3. The van der Waals surface area contributed by atoms with Crippen molar-refractivity contribution in [2.75, 3.05) is 0 Å². The quantitative estimate of drug-likeness (QED) is 0.0944. The average Bonchev–Trinajstić information content (AvgIpc) is 1.59. The lowest BCUT2D eigenvalue weighted by molar-refractivity contribution is -0.137. The zero-order chi connectivity index (χ0) is 78.7. The Morgan fingerprint density at radius 1 is 0.239 bits per heavy atom. The molecule has 6 aromatic heterocycles. The van der Waals surface area contributed by atoms with Crippen LogP contribution in [0.2, 0.25) is 0 Å². The summed E-state index contributed by atoms with van der Waals surface area (Å²) < 4.78 is 53.7. The highest BCUT2D eigenvalue weighted by Gasteiger charge is 2.36. The van der Waals surface area contributed by atoms with Gasteiger partial charge in [-0.3, -0.25) is 0 Å². The van der Waals surface area contributed by atoms with Crippen molar-refractivity contribution >= 4 is 43.6 Å². The molecular formula is C99H60F3N15. The standard InChI is InChI=1S/C99H60F3N15/c1-60-40-48-83-76(52-60)77-54-70(94-107-87(62-25-9-2-10-26-62)104-88(108-94)63-27-11-3-12-28-63)41-49-84(77)116(83)73-44-46-75(69-39-23-24-61(53-69)59-103)80(57-73)97-113-93(68-37-21-8-22-38-68)114-98(115-97)81-58-74(45-47-82(81)99(100,101)102)117-85-50-42-71(95-109-89(64-29-13-4-14-30-64)105-90(110-95)65-31-15-5-16-32-65)55-78(85)79-56-72(43-51-86(79)117)96-111-91(66-33-17-6-18-34-66)106-92(112-96)67-35-19-7-20-36-67/h2-58H,1H3. The van der Waals surface area contributed by atoms with E-state index in [9.17, 15) is 5.26 Å². The molecule has 0 fully saturated rings. The average molecular weight is 1520 g/mol. The number of hydrogen-bond donors (Lipinski definition) is 0. The lowest BCUT2D eigenvalue weighted by Crippen LogP contribution is -2.10. The molecule has 0 unspecified atom stereocenters. The molecule has 15 nitrogen and oxygen atoms in total. The number of fused-ring (bicyclic) bond motifs is 6. The molecule has 552 valence electrons. The molecule has 0 spiro atoms. The Kier molecular flexibility index (Phi) is 17.5. The number of aryl methyl sites for hydroxylation is 1. The highest BCUT2D eigenvalue weighted by molar-refractivity contribution is 6.13. The minimum Gasteiger partial charge on any atom is -0.309 e. The SMILES string of the molecule is Cc1ccc2c(c1)c1cc(-c3nc(-c4ccccc4)nc(-c4ccccc4)n3)ccc1n2-c1ccc(-c2cccc(C#N)c2)c(-c2nc(-c3ccccc3)nc(-c3cc(-n4c5ccc(-c6nc(-c7ccccc7)nc(-c7ccccc7)n6)cc5c5cc(-c6nc(-c7ccccc7)nc(-c7ccccc7)n6)ccc54)ccc3C(F)(F)F)n2)c1. The Labute approximate surface area is 667 Å². The van der Waals surface area contributed by atoms with Crippen LogP contribution < -0.4 is 0 Å². The second-order valence-corrected chi connectivity index (χ2v) is 28.3. The molecule has 14 aromatic carbocycles. The van der Waals surface area contributed by atoms with Crippen LogP contribution in [0.25, 0.3) is 203 Å². The van der Waals surface area contributed by atoms with Crippen LogP contribution in [-0.2, 0) is 6.18 Å². The monoisotopic (exact) mass is 1520 g/mol. The van der Waals surface area contributed by atoms with Gasteiger partial charge in [0.1, 0.15) is 0 Å². The first-order chi connectivity index (χ1) is 57.4. The third-order valence-electron chi connectivity index (χ3n) is 20.8. The van der Waals surface area contributed by atoms with E-state index >= 15 is 13.2 Å². The Hall–Kier alpha value is -16.0. The maximum absolute atomic E-state index is 16.5. The predicted octanol–water partition coefficient (Wildman–Crippen LogP) is 23.5. The van der Waals surface area contributed by atoms with Crippen LogP contribution in [-0.4, -0.2) is 68.9 Å². The van der Waals surface area contributed by atoms with Crippen LogP contribution in [0, 0.1) is 18.3 Å². The summed E-state index contributed by atoms with van der Waals surface area (Å²) in [5, 5.41) is 13.7. The van der Waals surface area contributed by atoms with Gasteiger partial charge in [-0.05, 0) is 127 Å². The number of benzene rings is 14. The first-order valence-corrected chi connectivity index (χ1v) is 37.9. The van der Waals surface area contributed by atoms with Gasteiger partial charge >= 0.3 is 6.18 Å². The fourth-order valence-corrected chi connectivity index (χ4v) is 15.2. The van der Waals surface area contributed by atoms with Crippen LogP contribution >= 0.6 is 0 Å². The summed E-state index contributed by atoms with van der Waals surface area (Å²) in [6, 6.07) is 111. The van der Waals surface area contributed by atoms with E-state index in [4.69, 9.17) is 59.8 Å². The Balaban J connectivity index is 0.789. The van der Waals surface area contributed by atoms with Crippen LogP contribution in [0.5, 0.6) is 0 Å². The van der Waals surface area contributed by atoms with Gasteiger partial charge in [-0.2, -0.15) is 18.4 Å². The Morgan fingerprint density at radius 2 is 0.521 bits per heavy atom. The topological polar surface area (TPSA) is 188 Å². The summed E-state index contributed by atoms with van der Waals surface area (Å²) in [6.07, 6.45) is -4.93. The van der Waals surface area contributed by atoms with Gasteiger partial charge in [0.25, 0.3) is 0 Å². The normalized spacial score (nSPS) is 11.6. The first kappa shape index (κ1) is 70.1. The molecule has 20 aromatic rings. The minimum absolute atomic E-state index is 0.0686. The van der Waals surface area contributed by atoms with Gasteiger partial charge in [-0.25, -0.2) is 59.8 Å². The molecule has 0 bridgehead atoms. The minimum atomic E-state index is -4.93. The maximum Gasteiger partial charge on any atom is 0.417 e. The van der Waals surface area contributed by atoms with Crippen LogP contribution in [0.4, 0.5) is 13.2 Å². The second kappa shape index (κ2) is 29.3. The molecule has 0 aliphatic rings. The van der Waals surface area contributed by atoms with Crippen molar-refractivity contribution in [3.8, 4) is 165 Å². The summed E-state index contributed by atoms with van der Waals surface area (Å²) >= 11 is 0. The van der Waals surface area contributed by atoms with E-state index in [1.54, 1.807) is 18.2 Å². The molecule has 0 saturated carbocycles. The van der Waals surface area contributed by atoms with E-state index < -0.39 is 11.7 Å². The number of rotatable bonds is 15. The van der Waals surface area contributed by atoms with Gasteiger partial charge in [0.05, 0.1) is 39.3 Å². The van der Waals surface area contributed by atoms with Gasteiger partial charge in [0.15, 0.2) is 69.9 Å². The number of hydrogen-bond acceptors (Lipinski definition) is 13. The van der Waals surface area contributed by atoms with E-state index in [0.29, 0.717) is 125 Å². The summed E-state index contributed by atoms with van der Waals surface area (Å²) in [4.78, 5) is 61.3. The number of halogens is 3. The predicted molar refractivity (Wildman–Crippen MR) is 454 cm³/mol. The summed E-state index contributed by atoms with van der Waals surface area (Å²) in [6.45, 7) is 2.06. The number of aromatic nitrogens is 14. The van der Waals surface area contributed by atoms with Gasteiger partial charge < -0.3 is 9.13 Å². The molecule has 0 N–H and O–H groups in total. The smallest absolute Gasteiger partial charge is 0.309 e. The summed E-state index contributed by atoms with van der Waals surface area (Å²) in [5.74, 6) is 4.15. The molecule has 0 amide bonds. The summed E-state index contributed by atoms with van der Waals surface area (Å²) in [5.41, 5.74) is 13.3. The maximum atomic E-state index is 16.5. The van der Waals surface area contributed by atoms with Crippen molar-refractivity contribution in [1.29, 1.82) is 5.26 Å². The van der Waals surface area contributed by atoms with Crippen LogP contribution in [0.15, 0.2) is 346 Å². The molecule has 20 rings (SSSR count). The van der Waals surface area contributed by atoms with E-state index in [-0.39, 0.29) is 23.0 Å². The summed E-state index contributed by atoms with van der Waals surface area (Å²) in [7, 11) is 0. The highest BCUT2D eigenvalue weighted by Crippen LogP contribution is 2.45. The molecule has 0 saturated heterocycles. The van der Waals surface area contributed by atoms with E-state index in [1.165, 1.54) is 12.1 Å². The molecule has 18 heteroatoms. The molecule has 6 heterocycles. The molecule has 117 heavy (non-hydrogen) atoms. The third-order valence-corrected chi connectivity index (χ3v) is 20.8. The largest absolute Gasteiger partial charge is 0.417 e. The van der Waals surface area contributed by atoms with Crippen molar-refractivity contribution in [3.05, 3.63) is 362 Å². The van der Waals surface area contributed by atoms with Crippen molar-refractivity contribution in [1.82, 2.24) is 68.9 Å². The highest BCUT2D eigenvalue weighted by atomic mass is 19.4. The molecule has 0 aliphatic heterocycles. The number of nitrogens with zero attached hydrogens (tertiary/aromatic N) is 15. The van der Waals surface area contributed by atoms with Crippen molar-refractivity contribution < 1.29 is 13.2 Å². The van der Waals surface area contributed by atoms with Crippen molar-refractivity contribution in [2.24, 2.45) is 0 Å². The third kappa shape index (κ3) is 13.4. The van der Waals surface area contributed by atoms with Gasteiger partial charge in [0.2, 0.25) is 0 Å². The van der Waals surface area contributed by atoms with E-state index in [2.05, 4.69) is 47.9 Å². The lowest BCUT2D eigenvalue weighted by atomic mass is 9.96. The van der Waals surface area contributed by atoms with Crippen LogP contribution in [0.1, 0.15) is 16.7 Å². The molecule has 0 atom stereocenters. The fourth-order valence-electron chi connectivity index (χ4n) is 15.2. The van der Waals surface area contributed by atoms with E-state index in [0.717, 1.165) is 72.4 Å². The van der Waals surface area contributed by atoms with E-state index in [1.807, 2.05) is 284 Å². The Bertz CT molecular complexity index is 6950.